The molecule has 0 spiro atoms. The minimum atomic E-state index is 0.356. The molecule has 17 heavy (non-hydrogen) atoms. The standard InChI is InChI=1S/C14H30N2O/c1-14(2,3)13-12-16(10-7-8-15-13)9-5-6-11-17-4/h13,15H,5-12H2,1-4H3. The first-order valence-corrected chi connectivity index (χ1v) is 6.98. The number of hydrogen-bond donors (Lipinski definition) is 1. The molecule has 1 aliphatic heterocycles. The lowest BCUT2D eigenvalue weighted by atomic mass is 9.86. The van der Waals surface area contributed by atoms with Crippen molar-refractivity contribution in [2.45, 2.75) is 46.1 Å². The molecular weight excluding hydrogens is 212 g/mol. The maximum atomic E-state index is 5.10. The highest BCUT2D eigenvalue weighted by molar-refractivity contribution is 4.85. The summed E-state index contributed by atoms with van der Waals surface area (Å²) >= 11 is 0. The average Bonchev–Trinajstić information content (AvgIpc) is 2.49. The van der Waals surface area contributed by atoms with E-state index in [-0.39, 0.29) is 0 Å². The summed E-state index contributed by atoms with van der Waals surface area (Å²) < 4.78 is 5.10. The van der Waals surface area contributed by atoms with E-state index in [1.807, 2.05) is 0 Å². The lowest BCUT2D eigenvalue weighted by Crippen LogP contribution is -2.46. The number of unbranched alkanes of at least 4 members (excludes halogenated alkanes) is 1. The number of nitrogens with one attached hydrogen (secondary N) is 1. The van der Waals surface area contributed by atoms with Gasteiger partial charge >= 0.3 is 0 Å². The summed E-state index contributed by atoms with van der Waals surface area (Å²) in [6, 6.07) is 0.618. The molecule has 0 aromatic carbocycles. The van der Waals surface area contributed by atoms with Crippen LogP contribution in [0.5, 0.6) is 0 Å². The van der Waals surface area contributed by atoms with Crippen molar-refractivity contribution in [3.05, 3.63) is 0 Å². The number of nitrogens with zero attached hydrogens (tertiary/aromatic N) is 1. The summed E-state index contributed by atoms with van der Waals surface area (Å²) in [4.78, 5) is 2.62. The first-order chi connectivity index (χ1) is 8.04. The van der Waals surface area contributed by atoms with Gasteiger partial charge in [0.15, 0.2) is 0 Å². The van der Waals surface area contributed by atoms with Crippen LogP contribution in [0.1, 0.15) is 40.0 Å². The zero-order chi connectivity index (χ0) is 12.7. The maximum Gasteiger partial charge on any atom is 0.0462 e. The van der Waals surface area contributed by atoms with Gasteiger partial charge < -0.3 is 15.0 Å². The number of rotatable bonds is 5. The fourth-order valence-electron chi connectivity index (χ4n) is 2.36. The maximum absolute atomic E-state index is 5.10. The van der Waals surface area contributed by atoms with Crippen LogP contribution in [-0.4, -0.2) is 50.8 Å². The monoisotopic (exact) mass is 242 g/mol. The molecule has 1 unspecified atom stereocenters. The second-order valence-corrected chi connectivity index (χ2v) is 6.23. The molecule has 1 fully saturated rings. The first kappa shape index (κ1) is 14.9. The van der Waals surface area contributed by atoms with Gasteiger partial charge in [-0.3, -0.25) is 0 Å². The Kier molecular flexibility index (Phi) is 6.45. The Morgan fingerprint density at radius 1 is 1.29 bits per heavy atom. The van der Waals surface area contributed by atoms with E-state index in [0.717, 1.165) is 13.2 Å². The quantitative estimate of drug-likeness (QED) is 0.747. The molecule has 0 radical (unpaired) electrons. The van der Waals surface area contributed by atoms with Gasteiger partial charge in [0.25, 0.3) is 0 Å². The van der Waals surface area contributed by atoms with Crippen molar-refractivity contribution in [1.29, 1.82) is 0 Å². The highest BCUT2D eigenvalue weighted by atomic mass is 16.5. The number of ether oxygens (including phenoxy) is 1. The molecule has 3 heteroatoms. The molecule has 0 amide bonds. The van der Waals surface area contributed by atoms with Crippen molar-refractivity contribution < 1.29 is 4.74 Å². The third kappa shape index (κ3) is 5.84. The molecule has 0 aliphatic carbocycles. The first-order valence-electron chi connectivity index (χ1n) is 6.98. The Morgan fingerprint density at radius 2 is 2.06 bits per heavy atom. The molecule has 1 aliphatic rings. The molecule has 1 saturated heterocycles. The Hall–Kier alpha value is -0.120. The van der Waals surface area contributed by atoms with E-state index in [9.17, 15) is 0 Å². The molecule has 0 aromatic heterocycles. The minimum absolute atomic E-state index is 0.356. The Bertz CT molecular complexity index is 201. The molecule has 0 aromatic rings. The second kappa shape index (κ2) is 7.34. The summed E-state index contributed by atoms with van der Waals surface area (Å²) in [6.45, 7) is 12.7. The highest BCUT2D eigenvalue weighted by Gasteiger charge is 2.27. The van der Waals surface area contributed by atoms with Crippen LogP contribution >= 0.6 is 0 Å². The fourth-order valence-corrected chi connectivity index (χ4v) is 2.36. The van der Waals surface area contributed by atoms with E-state index in [4.69, 9.17) is 4.74 Å². The number of methoxy groups -OCH3 is 1. The van der Waals surface area contributed by atoms with Gasteiger partial charge in [-0.1, -0.05) is 20.8 Å². The average molecular weight is 242 g/mol. The summed E-state index contributed by atoms with van der Waals surface area (Å²) in [6.07, 6.45) is 3.71. The number of hydrogen-bond acceptors (Lipinski definition) is 3. The Morgan fingerprint density at radius 3 is 2.71 bits per heavy atom. The lowest BCUT2D eigenvalue weighted by molar-refractivity contribution is 0.172. The van der Waals surface area contributed by atoms with Gasteiger partial charge in [-0.15, -0.1) is 0 Å². The van der Waals surface area contributed by atoms with Gasteiger partial charge in [-0.25, -0.2) is 0 Å². The summed E-state index contributed by atoms with van der Waals surface area (Å²) in [7, 11) is 1.78. The zero-order valence-corrected chi connectivity index (χ0v) is 12.1. The Labute approximate surface area is 107 Å². The van der Waals surface area contributed by atoms with Gasteiger partial charge in [0, 0.05) is 26.3 Å². The summed E-state index contributed by atoms with van der Waals surface area (Å²) in [5.41, 5.74) is 0.356. The van der Waals surface area contributed by atoms with Crippen molar-refractivity contribution in [2.75, 3.05) is 39.9 Å². The normalized spacial score (nSPS) is 23.6. The molecule has 0 bridgehead atoms. The van der Waals surface area contributed by atoms with E-state index in [1.165, 1.54) is 38.9 Å². The lowest BCUT2D eigenvalue weighted by Gasteiger charge is -2.33. The van der Waals surface area contributed by atoms with Crippen LogP contribution in [0.3, 0.4) is 0 Å². The van der Waals surface area contributed by atoms with Gasteiger partial charge in [-0.05, 0) is 44.3 Å². The van der Waals surface area contributed by atoms with E-state index in [0.29, 0.717) is 11.5 Å². The van der Waals surface area contributed by atoms with Crippen molar-refractivity contribution in [1.82, 2.24) is 10.2 Å². The highest BCUT2D eigenvalue weighted by Crippen LogP contribution is 2.21. The van der Waals surface area contributed by atoms with E-state index in [2.05, 4.69) is 31.0 Å². The van der Waals surface area contributed by atoms with Crippen LogP contribution in [0.2, 0.25) is 0 Å². The minimum Gasteiger partial charge on any atom is -0.385 e. The van der Waals surface area contributed by atoms with Crippen LogP contribution in [0.25, 0.3) is 0 Å². The van der Waals surface area contributed by atoms with E-state index < -0.39 is 0 Å². The predicted octanol–water partition coefficient (Wildman–Crippen LogP) is 2.12. The largest absolute Gasteiger partial charge is 0.385 e. The van der Waals surface area contributed by atoms with Crippen LogP contribution in [0.4, 0.5) is 0 Å². The third-order valence-corrected chi connectivity index (χ3v) is 3.60. The van der Waals surface area contributed by atoms with Gasteiger partial charge in [-0.2, -0.15) is 0 Å². The molecule has 1 N–H and O–H groups in total. The molecule has 3 nitrogen and oxygen atoms in total. The van der Waals surface area contributed by atoms with Crippen LogP contribution in [0.15, 0.2) is 0 Å². The summed E-state index contributed by atoms with van der Waals surface area (Å²) in [5, 5.41) is 3.69. The van der Waals surface area contributed by atoms with Crippen LogP contribution < -0.4 is 5.32 Å². The van der Waals surface area contributed by atoms with Gasteiger partial charge in [0.2, 0.25) is 0 Å². The van der Waals surface area contributed by atoms with Gasteiger partial charge in [0.05, 0.1) is 0 Å². The molecule has 102 valence electrons. The van der Waals surface area contributed by atoms with Crippen molar-refractivity contribution >= 4 is 0 Å². The third-order valence-electron chi connectivity index (χ3n) is 3.60. The van der Waals surface area contributed by atoms with Crippen molar-refractivity contribution in [2.24, 2.45) is 5.41 Å². The van der Waals surface area contributed by atoms with E-state index >= 15 is 0 Å². The smallest absolute Gasteiger partial charge is 0.0462 e. The van der Waals surface area contributed by atoms with Crippen molar-refractivity contribution in [3.63, 3.8) is 0 Å². The predicted molar refractivity (Wildman–Crippen MR) is 73.4 cm³/mol. The SMILES string of the molecule is COCCCCN1CCCNC(C(C)(C)C)C1. The van der Waals surface area contributed by atoms with E-state index in [1.54, 1.807) is 7.11 Å². The van der Waals surface area contributed by atoms with Crippen molar-refractivity contribution in [3.8, 4) is 0 Å². The topological polar surface area (TPSA) is 24.5 Å². The van der Waals surface area contributed by atoms with Gasteiger partial charge in [0.1, 0.15) is 0 Å². The molecule has 1 rings (SSSR count). The molecule has 1 atom stereocenters. The zero-order valence-electron chi connectivity index (χ0n) is 12.1. The van der Waals surface area contributed by atoms with Crippen LogP contribution in [0, 0.1) is 5.41 Å². The fraction of sp³-hybridized carbons (Fsp3) is 1.00. The summed E-state index contributed by atoms with van der Waals surface area (Å²) in [5.74, 6) is 0. The molecule has 0 saturated carbocycles. The molecule has 1 heterocycles. The van der Waals surface area contributed by atoms with Crippen LogP contribution in [-0.2, 0) is 4.74 Å². The Balaban J connectivity index is 2.33. The second-order valence-electron chi connectivity index (χ2n) is 6.23. The molecular formula is C14H30N2O.